The quantitative estimate of drug-likeness (QED) is 0.691. The number of amides is 1. The molecule has 0 aromatic carbocycles. The van der Waals surface area contributed by atoms with Crippen LogP contribution in [0.25, 0.3) is 0 Å². The largest absolute Gasteiger partial charge is 0.348 e. The molecule has 0 aliphatic heterocycles. The zero-order valence-electron chi connectivity index (χ0n) is 12.8. The number of ketones is 1. The van der Waals surface area contributed by atoms with Gasteiger partial charge in [0.1, 0.15) is 0 Å². The van der Waals surface area contributed by atoms with E-state index in [-0.39, 0.29) is 11.7 Å². The number of nitrogens with zero attached hydrogens (tertiary/aromatic N) is 2. The van der Waals surface area contributed by atoms with Crippen molar-refractivity contribution in [3.8, 4) is 0 Å². The second kappa shape index (κ2) is 8.17. The van der Waals surface area contributed by atoms with E-state index >= 15 is 0 Å². The second-order valence-electron chi connectivity index (χ2n) is 5.04. The lowest BCUT2D eigenvalue weighted by molar-refractivity contribution is -0.129. The van der Waals surface area contributed by atoms with Crippen LogP contribution in [0.3, 0.4) is 0 Å². The molecule has 1 aromatic rings. The Hall–Kier alpha value is -1.20. The fourth-order valence-corrected chi connectivity index (χ4v) is 2.74. The van der Waals surface area contributed by atoms with Gasteiger partial charge in [0.05, 0.1) is 18.0 Å². The molecule has 0 saturated carbocycles. The van der Waals surface area contributed by atoms with Crippen LogP contribution >= 0.6 is 11.3 Å². The summed E-state index contributed by atoms with van der Waals surface area (Å²) in [5.74, 6) is 0.140. The molecule has 5 heteroatoms. The molecule has 0 spiro atoms. The Balaban J connectivity index is 2.64. The normalized spacial score (nSPS) is 10.8. The van der Waals surface area contributed by atoms with Crippen LogP contribution in [-0.2, 0) is 11.2 Å². The number of Topliss-reactive ketones (excluding diaryl/α,β-unsaturated/α-hetero) is 1. The van der Waals surface area contributed by atoms with Gasteiger partial charge in [-0.15, -0.1) is 11.3 Å². The number of likely N-dealkylation sites (N-methyl/N-ethyl adjacent to an activating group) is 1. The topological polar surface area (TPSA) is 40.6 Å². The van der Waals surface area contributed by atoms with E-state index in [1.54, 1.807) is 30.3 Å². The molecule has 0 radical (unpaired) electrons. The van der Waals surface area contributed by atoms with Gasteiger partial charge in [0.15, 0.2) is 5.78 Å². The molecule has 1 amide bonds. The van der Waals surface area contributed by atoms with Crippen molar-refractivity contribution >= 4 is 23.0 Å². The third-order valence-electron chi connectivity index (χ3n) is 3.05. The van der Waals surface area contributed by atoms with Gasteiger partial charge in [-0.25, -0.2) is 0 Å². The molecule has 4 nitrogen and oxygen atoms in total. The minimum atomic E-state index is 0.0340. The van der Waals surface area contributed by atoms with Gasteiger partial charge in [-0.05, 0) is 31.5 Å². The van der Waals surface area contributed by atoms with E-state index in [1.165, 1.54) is 4.88 Å². The highest BCUT2D eigenvalue weighted by Crippen LogP contribution is 2.17. The molecule has 0 fully saturated rings. The van der Waals surface area contributed by atoms with Gasteiger partial charge in [0.2, 0.25) is 5.91 Å². The first-order valence-corrected chi connectivity index (χ1v) is 7.84. The Morgan fingerprint density at radius 1 is 1.15 bits per heavy atom. The summed E-state index contributed by atoms with van der Waals surface area (Å²) in [5, 5.41) is 0. The number of hydrogen-bond acceptors (Lipinski definition) is 4. The van der Waals surface area contributed by atoms with E-state index < -0.39 is 0 Å². The first-order valence-electron chi connectivity index (χ1n) is 7.02. The third kappa shape index (κ3) is 5.06. The average molecular weight is 296 g/mol. The summed E-state index contributed by atoms with van der Waals surface area (Å²) in [4.78, 5) is 29.5. The van der Waals surface area contributed by atoms with E-state index in [9.17, 15) is 9.59 Å². The Morgan fingerprint density at radius 2 is 1.85 bits per heavy atom. The molecule has 0 aliphatic rings. The maximum atomic E-state index is 12.3. The Kier molecular flexibility index (Phi) is 6.88. The summed E-state index contributed by atoms with van der Waals surface area (Å²) in [7, 11) is 3.47. The highest BCUT2D eigenvalue weighted by Gasteiger charge is 2.17. The van der Waals surface area contributed by atoms with Crippen molar-refractivity contribution in [2.75, 3.05) is 33.7 Å². The van der Waals surface area contributed by atoms with Crippen molar-refractivity contribution < 1.29 is 9.59 Å². The van der Waals surface area contributed by atoms with Crippen molar-refractivity contribution in [1.82, 2.24) is 9.80 Å². The summed E-state index contributed by atoms with van der Waals surface area (Å²) in [6.45, 7) is 5.52. The number of hydrogen-bond donors (Lipinski definition) is 0. The minimum absolute atomic E-state index is 0.0340. The van der Waals surface area contributed by atoms with Gasteiger partial charge in [-0.1, -0.05) is 13.8 Å². The number of aryl methyl sites for hydroxylation is 1. The van der Waals surface area contributed by atoms with E-state index in [0.29, 0.717) is 13.1 Å². The van der Waals surface area contributed by atoms with Crippen LogP contribution in [0.1, 0.15) is 34.8 Å². The van der Waals surface area contributed by atoms with Crippen molar-refractivity contribution in [3.63, 3.8) is 0 Å². The summed E-state index contributed by atoms with van der Waals surface area (Å²) in [6.07, 6.45) is 1.88. The molecule has 20 heavy (non-hydrogen) atoms. The SMILES string of the molecule is CCCN(CC(=O)c1ccc(CC)s1)CC(=O)N(C)C. The maximum Gasteiger partial charge on any atom is 0.236 e. The van der Waals surface area contributed by atoms with Crippen LogP contribution in [0, 0.1) is 0 Å². The van der Waals surface area contributed by atoms with E-state index in [0.717, 1.165) is 24.3 Å². The van der Waals surface area contributed by atoms with Crippen LogP contribution in [0.2, 0.25) is 0 Å². The number of thiophene rings is 1. The predicted molar refractivity (Wildman–Crippen MR) is 83.5 cm³/mol. The molecule has 0 bridgehead atoms. The Morgan fingerprint density at radius 3 is 2.35 bits per heavy atom. The van der Waals surface area contributed by atoms with Gasteiger partial charge in [-0.3, -0.25) is 14.5 Å². The van der Waals surface area contributed by atoms with Gasteiger partial charge in [0.25, 0.3) is 0 Å². The van der Waals surface area contributed by atoms with Gasteiger partial charge in [0, 0.05) is 19.0 Å². The van der Waals surface area contributed by atoms with Crippen LogP contribution < -0.4 is 0 Å². The predicted octanol–water partition coefficient (Wildman–Crippen LogP) is 2.29. The van der Waals surface area contributed by atoms with E-state index in [2.05, 4.69) is 13.8 Å². The lowest BCUT2D eigenvalue weighted by Crippen LogP contribution is -2.39. The molecule has 1 aromatic heterocycles. The molecule has 1 rings (SSSR count). The molecular formula is C15H24N2O2S. The van der Waals surface area contributed by atoms with Crippen molar-refractivity contribution in [2.45, 2.75) is 26.7 Å². The van der Waals surface area contributed by atoms with E-state index in [4.69, 9.17) is 0 Å². The fraction of sp³-hybridized carbons (Fsp3) is 0.600. The zero-order valence-corrected chi connectivity index (χ0v) is 13.6. The minimum Gasteiger partial charge on any atom is -0.348 e. The zero-order chi connectivity index (χ0) is 15.1. The Bertz CT molecular complexity index is 454. The monoisotopic (exact) mass is 296 g/mol. The van der Waals surface area contributed by atoms with Crippen molar-refractivity contribution in [3.05, 3.63) is 21.9 Å². The average Bonchev–Trinajstić information content (AvgIpc) is 2.87. The second-order valence-corrected chi connectivity index (χ2v) is 6.21. The molecule has 0 unspecified atom stereocenters. The lowest BCUT2D eigenvalue weighted by Gasteiger charge is -2.21. The lowest BCUT2D eigenvalue weighted by atomic mass is 10.2. The van der Waals surface area contributed by atoms with Gasteiger partial charge in [-0.2, -0.15) is 0 Å². The first-order chi connectivity index (χ1) is 9.47. The number of rotatable bonds is 8. The smallest absolute Gasteiger partial charge is 0.236 e. The molecule has 1 heterocycles. The highest BCUT2D eigenvalue weighted by atomic mass is 32.1. The van der Waals surface area contributed by atoms with E-state index in [1.807, 2.05) is 17.0 Å². The third-order valence-corrected chi connectivity index (χ3v) is 4.32. The molecule has 0 saturated heterocycles. The summed E-state index contributed by atoms with van der Waals surface area (Å²) in [6, 6.07) is 3.90. The molecule has 0 aliphatic carbocycles. The Labute approximate surface area is 125 Å². The fourth-order valence-electron chi connectivity index (χ4n) is 1.86. The van der Waals surface area contributed by atoms with Crippen molar-refractivity contribution in [2.24, 2.45) is 0 Å². The van der Waals surface area contributed by atoms with Crippen LogP contribution in [-0.4, -0.2) is 55.2 Å². The number of carbonyl (C=O) groups is 2. The first kappa shape index (κ1) is 16.9. The van der Waals surface area contributed by atoms with Crippen LogP contribution in [0.5, 0.6) is 0 Å². The molecule has 0 N–H and O–H groups in total. The highest BCUT2D eigenvalue weighted by molar-refractivity contribution is 7.14. The summed E-state index contributed by atoms with van der Waals surface area (Å²) in [5.41, 5.74) is 0. The molecule has 0 atom stereocenters. The van der Waals surface area contributed by atoms with Crippen LogP contribution in [0.15, 0.2) is 12.1 Å². The maximum absolute atomic E-state index is 12.3. The van der Waals surface area contributed by atoms with Gasteiger partial charge >= 0.3 is 0 Å². The summed E-state index contributed by atoms with van der Waals surface area (Å²) < 4.78 is 0. The summed E-state index contributed by atoms with van der Waals surface area (Å²) >= 11 is 1.55. The van der Waals surface area contributed by atoms with Crippen molar-refractivity contribution in [1.29, 1.82) is 0 Å². The van der Waals surface area contributed by atoms with Gasteiger partial charge < -0.3 is 4.90 Å². The standard InChI is InChI=1S/C15H24N2O2S/c1-5-9-17(11-15(19)16(3)4)10-13(18)14-8-7-12(6-2)20-14/h7-8H,5-6,9-11H2,1-4H3. The number of carbonyl (C=O) groups excluding carboxylic acids is 2. The molecular weight excluding hydrogens is 272 g/mol. The molecule has 112 valence electrons. The van der Waals surface area contributed by atoms with Crippen LogP contribution in [0.4, 0.5) is 0 Å².